The topological polar surface area (TPSA) is 12.4 Å². The maximum atomic E-state index is 4.84. The Morgan fingerprint density at radius 1 is 0.875 bits per heavy atom. The van der Waals surface area contributed by atoms with E-state index in [9.17, 15) is 0 Å². The number of nitrogens with zero attached hydrogens (tertiary/aromatic N) is 1. The molecular weight excluding hydrogens is 194 g/mol. The summed E-state index contributed by atoms with van der Waals surface area (Å²) in [6, 6.07) is 8.43. The van der Waals surface area contributed by atoms with Gasteiger partial charge in [0.15, 0.2) is 0 Å². The van der Waals surface area contributed by atoms with Crippen molar-refractivity contribution >= 4 is 11.4 Å². The van der Waals surface area contributed by atoms with Crippen molar-refractivity contribution in [1.29, 1.82) is 0 Å². The van der Waals surface area contributed by atoms with Crippen LogP contribution < -0.4 is 0 Å². The molecule has 1 saturated carbocycles. The van der Waals surface area contributed by atoms with Crippen LogP contribution in [0.1, 0.15) is 50.5 Å². The van der Waals surface area contributed by atoms with Crippen molar-refractivity contribution in [3.8, 4) is 0 Å². The molecule has 0 N–H and O–H groups in total. The molecule has 86 valence electrons. The van der Waals surface area contributed by atoms with E-state index < -0.39 is 0 Å². The predicted octanol–water partition coefficient (Wildman–Crippen LogP) is 4.81. The molecule has 1 aliphatic carbocycles. The Labute approximate surface area is 98.6 Å². The Balaban J connectivity index is 2.12. The van der Waals surface area contributed by atoms with Crippen LogP contribution in [-0.2, 0) is 0 Å². The molecular formula is C15H21N. The molecule has 2 rings (SSSR count). The lowest BCUT2D eigenvalue weighted by molar-refractivity contribution is 0.607. The molecule has 0 aromatic heterocycles. The first-order chi connectivity index (χ1) is 7.86. The monoisotopic (exact) mass is 215 g/mol. The number of benzene rings is 1. The number of hydrogen-bond acceptors (Lipinski definition) is 1. The summed E-state index contributed by atoms with van der Waals surface area (Å²) >= 11 is 0. The fourth-order valence-corrected chi connectivity index (χ4v) is 2.28. The van der Waals surface area contributed by atoms with Gasteiger partial charge in [0.1, 0.15) is 0 Å². The quantitative estimate of drug-likeness (QED) is 0.637. The molecule has 0 aliphatic heterocycles. The average Bonchev–Trinajstić information content (AvgIpc) is 2.24. The summed E-state index contributed by atoms with van der Waals surface area (Å²) in [5.41, 5.74) is 3.86. The first kappa shape index (κ1) is 11.4. The minimum Gasteiger partial charge on any atom is -0.258 e. The van der Waals surface area contributed by atoms with Gasteiger partial charge in [0.05, 0.1) is 5.69 Å². The first-order valence-electron chi connectivity index (χ1n) is 6.48. The van der Waals surface area contributed by atoms with E-state index in [0.717, 1.165) is 5.69 Å². The van der Waals surface area contributed by atoms with Gasteiger partial charge < -0.3 is 0 Å². The average molecular weight is 215 g/mol. The summed E-state index contributed by atoms with van der Waals surface area (Å²) in [6.07, 6.45) is 9.23. The minimum absolute atomic E-state index is 1.16. The summed E-state index contributed by atoms with van der Waals surface area (Å²) in [5, 5.41) is 0. The van der Waals surface area contributed by atoms with E-state index in [1.807, 2.05) is 0 Å². The first-order valence-corrected chi connectivity index (χ1v) is 6.48. The number of para-hydroxylation sites is 1. The lowest BCUT2D eigenvalue weighted by Gasteiger charge is -2.11. The zero-order chi connectivity index (χ0) is 11.2. The van der Waals surface area contributed by atoms with Crippen molar-refractivity contribution in [1.82, 2.24) is 0 Å². The molecule has 0 unspecified atom stereocenters. The van der Waals surface area contributed by atoms with Crippen molar-refractivity contribution in [2.75, 3.05) is 0 Å². The van der Waals surface area contributed by atoms with Gasteiger partial charge in [0, 0.05) is 5.71 Å². The van der Waals surface area contributed by atoms with Crippen molar-refractivity contribution in [2.45, 2.75) is 51.9 Å². The molecule has 1 aliphatic rings. The molecule has 1 heteroatoms. The van der Waals surface area contributed by atoms with E-state index in [-0.39, 0.29) is 0 Å². The van der Waals surface area contributed by atoms with Crippen LogP contribution in [0.3, 0.4) is 0 Å². The lowest BCUT2D eigenvalue weighted by Crippen LogP contribution is -2.01. The zero-order valence-corrected chi connectivity index (χ0v) is 10.2. The van der Waals surface area contributed by atoms with Crippen molar-refractivity contribution in [3.05, 3.63) is 29.8 Å². The van der Waals surface area contributed by atoms with Crippen molar-refractivity contribution < 1.29 is 0 Å². The largest absolute Gasteiger partial charge is 0.258 e. The molecule has 0 atom stereocenters. The van der Waals surface area contributed by atoms with Gasteiger partial charge in [-0.3, -0.25) is 4.99 Å². The molecule has 0 amide bonds. The van der Waals surface area contributed by atoms with E-state index in [4.69, 9.17) is 4.99 Å². The predicted molar refractivity (Wildman–Crippen MR) is 70.6 cm³/mol. The second-order valence-corrected chi connectivity index (χ2v) is 4.73. The standard InChI is InChI=1S/C15H21N/c1-13-9-7-8-12-15(13)16-14-10-5-3-2-4-6-11-14/h7-9,12H,2-6,10-11H2,1H3. The highest BCUT2D eigenvalue weighted by Gasteiger charge is 2.05. The van der Waals surface area contributed by atoms with Gasteiger partial charge in [0.2, 0.25) is 0 Å². The summed E-state index contributed by atoms with van der Waals surface area (Å²) in [7, 11) is 0. The Morgan fingerprint density at radius 3 is 2.19 bits per heavy atom. The van der Waals surface area contributed by atoms with Crippen LogP contribution in [0.25, 0.3) is 0 Å². The number of hydrogen-bond donors (Lipinski definition) is 0. The van der Waals surface area contributed by atoms with E-state index in [1.165, 1.54) is 56.2 Å². The SMILES string of the molecule is Cc1ccccc1N=C1CCCCCCC1. The third-order valence-corrected chi connectivity index (χ3v) is 3.32. The second-order valence-electron chi connectivity index (χ2n) is 4.73. The molecule has 1 fully saturated rings. The number of aryl methyl sites for hydroxylation is 1. The smallest absolute Gasteiger partial charge is 0.0658 e. The molecule has 1 aromatic rings. The van der Waals surface area contributed by atoms with Crippen molar-refractivity contribution in [2.24, 2.45) is 4.99 Å². The van der Waals surface area contributed by atoms with Crippen LogP contribution in [0.2, 0.25) is 0 Å². The highest BCUT2D eigenvalue weighted by molar-refractivity contribution is 5.87. The summed E-state index contributed by atoms with van der Waals surface area (Å²) in [4.78, 5) is 4.84. The van der Waals surface area contributed by atoms with Crippen molar-refractivity contribution in [3.63, 3.8) is 0 Å². The maximum Gasteiger partial charge on any atom is 0.0658 e. The molecule has 0 radical (unpaired) electrons. The fourth-order valence-electron chi connectivity index (χ4n) is 2.28. The fraction of sp³-hybridized carbons (Fsp3) is 0.533. The Kier molecular flexibility index (Phi) is 4.15. The van der Waals surface area contributed by atoms with Crippen LogP contribution in [-0.4, -0.2) is 5.71 Å². The van der Waals surface area contributed by atoms with Crippen LogP contribution >= 0.6 is 0 Å². The molecule has 0 spiro atoms. The number of aliphatic imine (C=N–C) groups is 1. The Bertz CT molecular complexity index is 355. The highest BCUT2D eigenvalue weighted by atomic mass is 14.7. The zero-order valence-electron chi connectivity index (χ0n) is 10.2. The van der Waals surface area contributed by atoms with E-state index >= 15 is 0 Å². The molecule has 0 bridgehead atoms. The summed E-state index contributed by atoms with van der Waals surface area (Å²) < 4.78 is 0. The Hall–Kier alpha value is -1.11. The summed E-state index contributed by atoms with van der Waals surface area (Å²) in [6.45, 7) is 2.14. The molecule has 0 saturated heterocycles. The van der Waals surface area contributed by atoms with E-state index in [2.05, 4.69) is 31.2 Å². The van der Waals surface area contributed by atoms with Gasteiger partial charge >= 0.3 is 0 Å². The van der Waals surface area contributed by atoms with E-state index in [0.29, 0.717) is 0 Å². The molecule has 0 heterocycles. The lowest BCUT2D eigenvalue weighted by atomic mass is 9.99. The van der Waals surface area contributed by atoms with Gasteiger partial charge in [-0.1, -0.05) is 37.5 Å². The van der Waals surface area contributed by atoms with Gasteiger partial charge in [-0.05, 0) is 44.2 Å². The number of rotatable bonds is 1. The normalized spacial score (nSPS) is 17.7. The minimum atomic E-state index is 1.16. The second kappa shape index (κ2) is 5.83. The summed E-state index contributed by atoms with van der Waals surface area (Å²) in [5.74, 6) is 0. The third-order valence-electron chi connectivity index (χ3n) is 3.32. The Morgan fingerprint density at radius 2 is 1.50 bits per heavy atom. The highest BCUT2D eigenvalue weighted by Crippen LogP contribution is 2.21. The van der Waals surface area contributed by atoms with Crippen LogP contribution in [0.15, 0.2) is 29.3 Å². The van der Waals surface area contributed by atoms with Gasteiger partial charge in [-0.25, -0.2) is 0 Å². The van der Waals surface area contributed by atoms with Crippen LogP contribution in [0.5, 0.6) is 0 Å². The third kappa shape index (κ3) is 3.19. The van der Waals surface area contributed by atoms with Gasteiger partial charge in [-0.15, -0.1) is 0 Å². The van der Waals surface area contributed by atoms with Gasteiger partial charge in [-0.2, -0.15) is 0 Å². The van der Waals surface area contributed by atoms with Crippen LogP contribution in [0.4, 0.5) is 5.69 Å². The molecule has 1 nitrogen and oxygen atoms in total. The van der Waals surface area contributed by atoms with E-state index in [1.54, 1.807) is 0 Å². The van der Waals surface area contributed by atoms with Crippen LogP contribution in [0, 0.1) is 6.92 Å². The molecule has 1 aromatic carbocycles. The molecule has 16 heavy (non-hydrogen) atoms. The van der Waals surface area contributed by atoms with Gasteiger partial charge in [0.25, 0.3) is 0 Å². The maximum absolute atomic E-state index is 4.84.